The van der Waals surface area contributed by atoms with Crippen LogP contribution < -0.4 is 16.3 Å². The predicted molar refractivity (Wildman–Crippen MR) is 115 cm³/mol. The number of carbonyl (C=O) groups is 1. The maximum Gasteiger partial charge on any atom is 0.291 e. The third-order valence-corrected chi connectivity index (χ3v) is 5.46. The van der Waals surface area contributed by atoms with E-state index >= 15 is 0 Å². The minimum absolute atomic E-state index is 0.164. The number of nitrogens with zero attached hydrogens (tertiary/aromatic N) is 3. The van der Waals surface area contributed by atoms with Crippen LogP contribution in [0.4, 0.5) is 5.13 Å². The molecular formula is C20H20N6O2S. The lowest BCUT2D eigenvalue weighted by Gasteiger charge is -2.12. The second kappa shape index (κ2) is 7.51. The molecule has 0 unspecified atom stereocenters. The van der Waals surface area contributed by atoms with E-state index < -0.39 is 5.91 Å². The number of H-pyrrole nitrogens is 1. The van der Waals surface area contributed by atoms with Gasteiger partial charge in [-0.25, -0.2) is 10.1 Å². The third kappa shape index (κ3) is 3.40. The quantitative estimate of drug-likeness (QED) is 0.470. The summed E-state index contributed by atoms with van der Waals surface area (Å²) in [7, 11) is 0. The summed E-state index contributed by atoms with van der Waals surface area (Å²) in [5.41, 5.74) is 6.24. The van der Waals surface area contributed by atoms with Gasteiger partial charge in [0.25, 0.3) is 11.5 Å². The first kappa shape index (κ1) is 18.9. The van der Waals surface area contributed by atoms with Crippen LogP contribution in [0.5, 0.6) is 0 Å². The fraction of sp³-hybridized carbons (Fsp3) is 0.200. The summed E-state index contributed by atoms with van der Waals surface area (Å²) in [5.74, 6) is -0.405. The summed E-state index contributed by atoms with van der Waals surface area (Å²) >= 11 is 1.54. The van der Waals surface area contributed by atoms with Crippen LogP contribution in [0.25, 0.3) is 22.0 Å². The Kier molecular flexibility index (Phi) is 4.89. The average Bonchev–Trinajstić information content (AvgIpc) is 3.28. The molecule has 3 heterocycles. The summed E-state index contributed by atoms with van der Waals surface area (Å²) in [5, 5.41) is 13.3. The highest BCUT2D eigenvalue weighted by atomic mass is 32.1. The molecule has 0 aliphatic carbocycles. The third-order valence-electron chi connectivity index (χ3n) is 4.66. The number of aromatic amines is 1. The number of aromatic nitrogens is 4. The minimum Gasteiger partial charge on any atom is -0.362 e. The number of benzene rings is 1. The van der Waals surface area contributed by atoms with Crippen LogP contribution in [-0.4, -0.2) is 32.3 Å². The monoisotopic (exact) mass is 408 g/mol. The first-order valence-electron chi connectivity index (χ1n) is 9.17. The molecule has 29 heavy (non-hydrogen) atoms. The summed E-state index contributed by atoms with van der Waals surface area (Å²) in [6, 6.07) is 8.89. The van der Waals surface area contributed by atoms with Crippen LogP contribution in [0.1, 0.15) is 28.8 Å². The number of hydrogen-bond acceptors (Lipinski definition) is 6. The van der Waals surface area contributed by atoms with Gasteiger partial charge in [0.1, 0.15) is 0 Å². The molecule has 3 aromatic heterocycles. The second-order valence-corrected chi connectivity index (χ2v) is 7.43. The van der Waals surface area contributed by atoms with Crippen LogP contribution in [-0.2, 0) is 0 Å². The molecule has 4 aromatic rings. The molecule has 0 spiro atoms. The molecule has 0 bridgehead atoms. The number of aryl methyl sites for hydroxylation is 1. The van der Waals surface area contributed by atoms with Gasteiger partial charge in [0, 0.05) is 34.3 Å². The van der Waals surface area contributed by atoms with Crippen molar-refractivity contribution in [2.75, 3.05) is 17.3 Å². The molecule has 4 rings (SSSR count). The summed E-state index contributed by atoms with van der Waals surface area (Å²) in [6.07, 6.45) is 0. The van der Waals surface area contributed by atoms with E-state index in [9.17, 15) is 9.59 Å². The highest BCUT2D eigenvalue weighted by Gasteiger charge is 2.18. The Hall–Kier alpha value is -3.46. The van der Waals surface area contributed by atoms with E-state index in [-0.39, 0.29) is 11.3 Å². The zero-order valence-electron chi connectivity index (χ0n) is 16.2. The van der Waals surface area contributed by atoms with E-state index in [1.807, 2.05) is 32.2 Å². The van der Waals surface area contributed by atoms with Crippen molar-refractivity contribution in [3.05, 3.63) is 63.1 Å². The molecule has 0 radical (unpaired) electrons. The highest BCUT2D eigenvalue weighted by molar-refractivity contribution is 7.14. The molecule has 0 atom stereocenters. The van der Waals surface area contributed by atoms with E-state index in [4.69, 9.17) is 0 Å². The molecule has 0 saturated heterocycles. The summed E-state index contributed by atoms with van der Waals surface area (Å²) in [4.78, 5) is 29.5. The molecule has 1 aromatic carbocycles. The van der Waals surface area contributed by atoms with Crippen molar-refractivity contribution in [1.29, 1.82) is 0 Å². The molecule has 3 N–H and O–H groups in total. The van der Waals surface area contributed by atoms with E-state index in [1.165, 1.54) is 0 Å². The predicted octanol–water partition coefficient (Wildman–Crippen LogP) is 3.28. The number of hydrogen-bond donors (Lipinski definition) is 3. The van der Waals surface area contributed by atoms with Gasteiger partial charge in [-0.15, -0.1) is 11.3 Å². The molecule has 0 aliphatic rings. The highest BCUT2D eigenvalue weighted by Crippen LogP contribution is 2.29. The zero-order chi connectivity index (χ0) is 20.5. The van der Waals surface area contributed by atoms with Crippen molar-refractivity contribution in [2.24, 2.45) is 0 Å². The normalized spacial score (nSPS) is 11.0. The lowest BCUT2D eigenvalue weighted by molar-refractivity contribution is 0.100. The topological polar surface area (TPSA) is 105 Å². The Morgan fingerprint density at radius 1 is 1.24 bits per heavy atom. The van der Waals surface area contributed by atoms with Crippen molar-refractivity contribution in [1.82, 2.24) is 19.9 Å². The van der Waals surface area contributed by atoms with Crippen LogP contribution in [0.3, 0.4) is 0 Å². The van der Waals surface area contributed by atoms with Gasteiger partial charge in [0.15, 0.2) is 10.8 Å². The SMILES string of the molecule is CCNc1nc(-c2cc(C)n(NC(=O)c3n[nH]c(=O)c4ccccc34)c2C)cs1. The smallest absolute Gasteiger partial charge is 0.291 e. The molecule has 0 aliphatic heterocycles. The standard InChI is InChI=1S/C20H20N6O2S/c1-4-21-20-22-16(10-29-20)15-9-11(2)26(12(15)3)25-19(28)17-13-7-5-6-8-14(13)18(27)24-23-17/h5-10H,4H2,1-3H3,(H,21,22)(H,24,27)(H,25,28). The summed E-state index contributed by atoms with van der Waals surface area (Å²) in [6.45, 7) is 6.67. The van der Waals surface area contributed by atoms with Gasteiger partial charge in [0.2, 0.25) is 0 Å². The Morgan fingerprint density at radius 2 is 2.00 bits per heavy atom. The second-order valence-electron chi connectivity index (χ2n) is 6.58. The van der Waals surface area contributed by atoms with Crippen molar-refractivity contribution in [3.8, 4) is 11.3 Å². The van der Waals surface area contributed by atoms with Crippen molar-refractivity contribution in [3.63, 3.8) is 0 Å². The number of amides is 1. The van der Waals surface area contributed by atoms with E-state index in [1.54, 1.807) is 40.3 Å². The van der Waals surface area contributed by atoms with E-state index in [2.05, 4.69) is 25.9 Å². The minimum atomic E-state index is -0.405. The molecule has 148 valence electrons. The summed E-state index contributed by atoms with van der Waals surface area (Å²) < 4.78 is 1.71. The zero-order valence-corrected chi connectivity index (χ0v) is 17.1. The van der Waals surface area contributed by atoms with Gasteiger partial charge in [-0.2, -0.15) is 5.10 Å². The van der Waals surface area contributed by atoms with Crippen molar-refractivity contribution >= 4 is 33.1 Å². The molecule has 8 nitrogen and oxygen atoms in total. The van der Waals surface area contributed by atoms with Crippen LogP contribution in [0.2, 0.25) is 0 Å². The van der Waals surface area contributed by atoms with Gasteiger partial charge < -0.3 is 5.32 Å². The number of carbonyl (C=O) groups excluding carboxylic acids is 1. The first-order chi connectivity index (χ1) is 14.0. The largest absolute Gasteiger partial charge is 0.362 e. The average molecular weight is 408 g/mol. The maximum absolute atomic E-state index is 12.9. The van der Waals surface area contributed by atoms with Crippen molar-refractivity contribution < 1.29 is 4.79 Å². The Labute approximate surface area is 170 Å². The lowest BCUT2D eigenvalue weighted by Crippen LogP contribution is -2.27. The fourth-order valence-electron chi connectivity index (χ4n) is 3.27. The van der Waals surface area contributed by atoms with Crippen LogP contribution >= 0.6 is 11.3 Å². The molecule has 9 heteroatoms. The Morgan fingerprint density at radius 3 is 2.76 bits per heavy atom. The maximum atomic E-state index is 12.9. The number of fused-ring (bicyclic) bond motifs is 1. The van der Waals surface area contributed by atoms with E-state index in [0.717, 1.165) is 34.3 Å². The number of nitrogens with one attached hydrogen (secondary N) is 3. The fourth-order valence-corrected chi connectivity index (χ4v) is 4.05. The Balaban J connectivity index is 1.68. The number of thiazole rings is 1. The molecule has 0 saturated carbocycles. The van der Waals surface area contributed by atoms with E-state index in [0.29, 0.717) is 10.8 Å². The lowest BCUT2D eigenvalue weighted by atomic mass is 10.1. The molecule has 1 amide bonds. The molecule has 0 fully saturated rings. The van der Waals surface area contributed by atoms with Gasteiger partial charge in [-0.05, 0) is 32.9 Å². The number of anilines is 1. The van der Waals surface area contributed by atoms with Gasteiger partial charge in [0.05, 0.1) is 11.1 Å². The van der Waals surface area contributed by atoms with Crippen LogP contribution in [0.15, 0.2) is 40.5 Å². The molecular weight excluding hydrogens is 388 g/mol. The van der Waals surface area contributed by atoms with Crippen LogP contribution in [0, 0.1) is 13.8 Å². The van der Waals surface area contributed by atoms with Gasteiger partial charge in [-0.3, -0.25) is 19.7 Å². The number of rotatable bonds is 5. The van der Waals surface area contributed by atoms with Gasteiger partial charge in [-0.1, -0.05) is 18.2 Å². The van der Waals surface area contributed by atoms with Gasteiger partial charge >= 0.3 is 0 Å². The Bertz CT molecular complexity index is 1270. The van der Waals surface area contributed by atoms with Crippen molar-refractivity contribution in [2.45, 2.75) is 20.8 Å². The first-order valence-corrected chi connectivity index (χ1v) is 10.0.